The third-order valence-corrected chi connectivity index (χ3v) is 3.39. The van der Waals surface area contributed by atoms with E-state index < -0.39 is 6.10 Å². The number of hydrogen-bond acceptors (Lipinski definition) is 3. The lowest BCUT2D eigenvalue weighted by Crippen LogP contribution is -2.28. The predicted molar refractivity (Wildman–Crippen MR) is 79.3 cm³/mol. The van der Waals surface area contributed by atoms with Crippen LogP contribution in [0.2, 0.25) is 5.02 Å². The fourth-order valence-corrected chi connectivity index (χ4v) is 2.26. The highest BCUT2D eigenvalue weighted by atomic mass is 35.5. The molecule has 0 fully saturated rings. The lowest BCUT2D eigenvalue weighted by atomic mass is 10.2. The summed E-state index contributed by atoms with van der Waals surface area (Å²) in [5.74, 6) is 0.117. The lowest BCUT2D eigenvalue weighted by molar-refractivity contribution is 0.0897. The van der Waals surface area contributed by atoms with Gasteiger partial charge >= 0.3 is 0 Å². The van der Waals surface area contributed by atoms with Crippen LogP contribution in [0.4, 0.5) is 0 Å². The number of halogens is 1. The number of hydrogen-bond donors (Lipinski definition) is 3. The quantitative estimate of drug-likeness (QED) is 0.693. The molecule has 0 saturated heterocycles. The van der Waals surface area contributed by atoms with Gasteiger partial charge in [-0.25, -0.2) is 0 Å². The van der Waals surface area contributed by atoms with Crippen molar-refractivity contribution in [3.8, 4) is 0 Å². The van der Waals surface area contributed by atoms with E-state index in [1.54, 1.807) is 30.3 Å². The van der Waals surface area contributed by atoms with E-state index in [2.05, 4.69) is 10.3 Å². The Bertz CT molecular complexity index is 764. The maximum atomic E-state index is 12.1. The Kier molecular flexibility index (Phi) is 3.68. The van der Waals surface area contributed by atoms with Gasteiger partial charge in [-0.3, -0.25) is 4.79 Å². The Balaban J connectivity index is 1.69. The average Bonchev–Trinajstić information content (AvgIpc) is 3.12. The molecule has 1 amide bonds. The van der Waals surface area contributed by atoms with Crippen molar-refractivity contribution in [3.05, 3.63) is 59.1 Å². The van der Waals surface area contributed by atoms with Gasteiger partial charge in [0.15, 0.2) is 0 Å². The number of carbonyl (C=O) groups is 1. The number of H-pyrrole nitrogens is 1. The number of rotatable bonds is 4. The van der Waals surface area contributed by atoms with Gasteiger partial charge in [0.25, 0.3) is 5.91 Å². The van der Waals surface area contributed by atoms with E-state index in [0.717, 1.165) is 10.9 Å². The first-order valence-corrected chi connectivity index (χ1v) is 6.79. The fourth-order valence-electron chi connectivity index (χ4n) is 2.09. The van der Waals surface area contributed by atoms with Crippen LogP contribution in [0.1, 0.15) is 22.4 Å². The molecule has 0 bridgehead atoms. The van der Waals surface area contributed by atoms with Crippen LogP contribution in [0.3, 0.4) is 0 Å². The maximum Gasteiger partial charge on any atom is 0.267 e. The van der Waals surface area contributed by atoms with E-state index in [9.17, 15) is 9.90 Å². The van der Waals surface area contributed by atoms with Gasteiger partial charge < -0.3 is 19.8 Å². The number of fused-ring (bicyclic) bond motifs is 1. The van der Waals surface area contributed by atoms with Crippen LogP contribution in [0.25, 0.3) is 10.9 Å². The summed E-state index contributed by atoms with van der Waals surface area (Å²) in [6, 6.07) is 10.4. The molecule has 3 aromatic rings. The number of benzene rings is 1. The Morgan fingerprint density at radius 2 is 2.24 bits per heavy atom. The van der Waals surface area contributed by atoms with Crippen molar-refractivity contribution in [2.75, 3.05) is 6.54 Å². The topological polar surface area (TPSA) is 78.3 Å². The standard InChI is InChI=1S/C15H13ClN2O3/c16-10-4-3-9-6-12(18-11(9)7-10)15(20)17-8-13(19)14-2-1-5-21-14/h1-7,13,18-19H,8H2,(H,17,20). The zero-order valence-corrected chi connectivity index (χ0v) is 11.7. The molecule has 3 N–H and O–H groups in total. The first kappa shape index (κ1) is 13.7. The number of aliphatic hydroxyl groups is 1. The van der Waals surface area contributed by atoms with Gasteiger partial charge in [-0.2, -0.15) is 0 Å². The first-order chi connectivity index (χ1) is 10.1. The summed E-state index contributed by atoms with van der Waals surface area (Å²) >= 11 is 5.90. The van der Waals surface area contributed by atoms with Crippen molar-refractivity contribution in [2.24, 2.45) is 0 Å². The molecule has 21 heavy (non-hydrogen) atoms. The Hall–Kier alpha value is -2.24. The number of nitrogens with one attached hydrogen (secondary N) is 2. The van der Waals surface area contributed by atoms with E-state index in [1.807, 2.05) is 6.07 Å². The zero-order chi connectivity index (χ0) is 14.8. The van der Waals surface area contributed by atoms with Crippen molar-refractivity contribution >= 4 is 28.4 Å². The summed E-state index contributed by atoms with van der Waals surface area (Å²) < 4.78 is 5.07. The van der Waals surface area contributed by atoms with Crippen LogP contribution in [0.5, 0.6) is 0 Å². The molecular formula is C15H13ClN2O3. The maximum absolute atomic E-state index is 12.1. The highest BCUT2D eigenvalue weighted by molar-refractivity contribution is 6.31. The van der Waals surface area contributed by atoms with Gasteiger partial charge in [0.05, 0.1) is 12.8 Å². The molecule has 1 aromatic carbocycles. The van der Waals surface area contributed by atoms with Crippen LogP contribution < -0.4 is 5.32 Å². The molecule has 1 atom stereocenters. The zero-order valence-electron chi connectivity index (χ0n) is 11.0. The molecule has 2 heterocycles. The number of carbonyl (C=O) groups excluding carboxylic acids is 1. The van der Waals surface area contributed by atoms with Crippen LogP contribution in [-0.2, 0) is 0 Å². The fraction of sp³-hybridized carbons (Fsp3) is 0.133. The van der Waals surface area contributed by atoms with Gasteiger partial charge in [-0.1, -0.05) is 17.7 Å². The smallest absolute Gasteiger partial charge is 0.267 e. The van der Waals surface area contributed by atoms with Crippen LogP contribution >= 0.6 is 11.6 Å². The minimum atomic E-state index is -0.872. The second kappa shape index (κ2) is 5.63. The molecule has 0 aliphatic heterocycles. The van der Waals surface area contributed by atoms with Gasteiger partial charge in [-0.05, 0) is 30.3 Å². The molecule has 1 unspecified atom stereocenters. The van der Waals surface area contributed by atoms with E-state index in [-0.39, 0.29) is 12.5 Å². The van der Waals surface area contributed by atoms with Crippen molar-refractivity contribution in [3.63, 3.8) is 0 Å². The highest BCUT2D eigenvalue weighted by Gasteiger charge is 2.14. The molecule has 0 radical (unpaired) electrons. The second-order valence-electron chi connectivity index (χ2n) is 4.66. The average molecular weight is 305 g/mol. The van der Waals surface area contributed by atoms with Gasteiger partial charge in [0.2, 0.25) is 0 Å². The molecular weight excluding hydrogens is 292 g/mol. The Morgan fingerprint density at radius 3 is 3.00 bits per heavy atom. The summed E-state index contributed by atoms with van der Waals surface area (Å²) in [5.41, 5.74) is 1.21. The molecule has 6 heteroatoms. The van der Waals surface area contributed by atoms with E-state index in [1.165, 1.54) is 6.26 Å². The van der Waals surface area contributed by atoms with E-state index >= 15 is 0 Å². The van der Waals surface area contributed by atoms with Gasteiger partial charge in [0, 0.05) is 15.9 Å². The molecule has 0 aliphatic rings. The van der Waals surface area contributed by atoms with Crippen molar-refractivity contribution in [2.45, 2.75) is 6.10 Å². The Labute approximate surface area is 125 Å². The third kappa shape index (κ3) is 2.94. The van der Waals surface area contributed by atoms with Crippen LogP contribution in [0.15, 0.2) is 47.1 Å². The molecule has 0 aliphatic carbocycles. The third-order valence-electron chi connectivity index (χ3n) is 3.16. The summed E-state index contributed by atoms with van der Waals surface area (Å²) in [6.45, 7) is 0.0719. The molecule has 0 spiro atoms. The van der Waals surface area contributed by atoms with Gasteiger partial charge in [-0.15, -0.1) is 0 Å². The first-order valence-electron chi connectivity index (χ1n) is 6.41. The lowest BCUT2D eigenvalue weighted by Gasteiger charge is -2.08. The highest BCUT2D eigenvalue weighted by Crippen LogP contribution is 2.20. The summed E-state index contributed by atoms with van der Waals surface area (Å²) in [4.78, 5) is 15.0. The van der Waals surface area contributed by atoms with Gasteiger partial charge in [0.1, 0.15) is 17.6 Å². The normalized spacial score (nSPS) is 12.5. The number of aliphatic hydroxyl groups excluding tert-OH is 1. The second-order valence-corrected chi connectivity index (χ2v) is 5.09. The van der Waals surface area contributed by atoms with E-state index in [4.69, 9.17) is 16.0 Å². The number of amides is 1. The number of aromatic nitrogens is 1. The largest absolute Gasteiger partial charge is 0.467 e. The molecule has 0 saturated carbocycles. The van der Waals surface area contributed by atoms with Crippen molar-refractivity contribution in [1.29, 1.82) is 0 Å². The molecule has 3 rings (SSSR count). The van der Waals surface area contributed by atoms with Crippen molar-refractivity contribution in [1.82, 2.24) is 10.3 Å². The minimum Gasteiger partial charge on any atom is -0.467 e. The Morgan fingerprint density at radius 1 is 1.38 bits per heavy atom. The summed E-state index contributed by atoms with van der Waals surface area (Å²) in [6.07, 6.45) is 0.602. The monoisotopic (exact) mass is 304 g/mol. The van der Waals surface area contributed by atoms with E-state index in [0.29, 0.717) is 16.5 Å². The molecule has 108 valence electrons. The summed E-state index contributed by atoms with van der Waals surface area (Å²) in [7, 11) is 0. The molecule has 5 nitrogen and oxygen atoms in total. The SMILES string of the molecule is O=C(NCC(O)c1ccco1)c1cc2ccc(Cl)cc2[nH]1. The molecule has 2 aromatic heterocycles. The number of furan rings is 1. The van der Waals surface area contributed by atoms with Crippen LogP contribution in [-0.4, -0.2) is 22.5 Å². The summed E-state index contributed by atoms with van der Waals surface area (Å²) in [5, 5.41) is 14.0. The van der Waals surface area contributed by atoms with Crippen molar-refractivity contribution < 1.29 is 14.3 Å². The van der Waals surface area contributed by atoms with Crippen LogP contribution in [0, 0.1) is 0 Å². The minimum absolute atomic E-state index is 0.0719. The number of aromatic amines is 1. The predicted octanol–water partition coefficient (Wildman–Crippen LogP) is 2.88.